The lowest BCUT2D eigenvalue weighted by Crippen LogP contribution is -1.97. The Hall–Kier alpha value is -2.06. The second kappa shape index (κ2) is 9.23. The molecule has 27 heavy (non-hydrogen) atoms. The molecule has 0 aliphatic heterocycles. The Morgan fingerprint density at radius 1 is 1.00 bits per heavy atom. The van der Waals surface area contributed by atoms with E-state index in [1.807, 2.05) is 72.8 Å². The van der Waals surface area contributed by atoms with Gasteiger partial charge in [0.2, 0.25) is 0 Å². The minimum absolute atomic E-state index is 0.403. The number of hydrogen-bond acceptors (Lipinski definition) is 2. The van der Waals surface area contributed by atoms with E-state index < -0.39 is 0 Å². The summed E-state index contributed by atoms with van der Waals surface area (Å²) in [5.74, 6) is 0.699. The summed E-state index contributed by atoms with van der Waals surface area (Å²) in [7, 11) is 0. The van der Waals surface area contributed by atoms with Crippen LogP contribution in [-0.4, -0.2) is 0 Å². The molecule has 0 spiro atoms. The number of ether oxygens (including phenoxy) is 1. The predicted octanol–water partition coefficient (Wildman–Crippen LogP) is 7.51. The Labute approximate surface area is 180 Å². The van der Waals surface area contributed by atoms with E-state index in [4.69, 9.17) is 16.3 Å². The highest BCUT2D eigenvalue weighted by molar-refractivity contribution is 9.11. The van der Waals surface area contributed by atoms with Crippen LogP contribution >= 0.6 is 43.5 Å². The van der Waals surface area contributed by atoms with Gasteiger partial charge in [-0.05, 0) is 78.9 Å². The zero-order chi connectivity index (χ0) is 19.2. The van der Waals surface area contributed by atoms with Crippen LogP contribution in [0.4, 0.5) is 0 Å². The minimum atomic E-state index is 0.403. The highest BCUT2D eigenvalue weighted by Gasteiger charge is 2.10. The van der Waals surface area contributed by atoms with Gasteiger partial charge in [0.05, 0.1) is 20.6 Å². The molecule has 0 atom stereocenters. The van der Waals surface area contributed by atoms with Crippen LogP contribution in [0.3, 0.4) is 0 Å². The smallest absolute Gasteiger partial charge is 0.148 e. The molecule has 0 saturated heterocycles. The third kappa shape index (κ3) is 5.23. The fourth-order valence-electron chi connectivity index (χ4n) is 2.55. The SMILES string of the molecule is N#C/C(=C\c1cc(Br)c(OCc2cccc(Cl)c2)c(Br)c1)c1ccccc1. The van der Waals surface area contributed by atoms with E-state index in [0.29, 0.717) is 23.0 Å². The van der Waals surface area contributed by atoms with Crippen LogP contribution < -0.4 is 4.74 Å². The summed E-state index contributed by atoms with van der Waals surface area (Å²) in [6, 6.07) is 23.3. The molecule has 0 heterocycles. The number of halogens is 3. The lowest BCUT2D eigenvalue weighted by atomic mass is 10.0. The van der Waals surface area contributed by atoms with Gasteiger partial charge in [0, 0.05) is 5.02 Å². The predicted molar refractivity (Wildman–Crippen MR) is 118 cm³/mol. The molecule has 0 aliphatic rings. The van der Waals surface area contributed by atoms with Crippen molar-refractivity contribution in [3.05, 3.63) is 97.4 Å². The summed E-state index contributed by atoms with van der Waals surface area (Å²) in [5, 5.41) is 10.2. The van der Waals surface area contributed by atoms with Crippen molar-refractivity contribution in [3.63, 3.8) is 0 Å². The van der Waals surface area contributed by atoms with Crippen molar-refractivity contribution < 1.29 is 4.74 Å². The molecular formula is C22H14Br2ClNO. The molecule has 5 heteroatoms. The monoisotopic (exact) mass is 501 g/mol. The van der Waals surface area contributed by atoms with Crippen LogP contribution in [0.5, 0.6) is 5.75 Å². The number of nitriles is 1. The third-order valence-corrected chi connectivity index (χ3v) is 5.22. The molecule has 0 aliphatic carbocycles. The summed E-state index contributed by atoms with van der Waals surface area (Å²) in [5.41, 5.74) is 3.36. The van der Waals surface area contributed by atoms with Crippen molar-refractivity contribution in [2.24, 2.45) is 0 Å². The van der Waals surface area contributed by atoms with Crippen LogP contribution in [0.15, 0.2) is 75.7 Å². The maximum absolute atomic E-state index is 9.49. The Morgan fingerprint density at radius 2 is 1.70 bits per heavy atom. The van der Waals surface area contributed by atoms with Crippen LogP contribution in [0, 0.1) is 11.3 Å². The largest absolute Gasteiger partial charge is 0.487 e. The summed E-state index contributed by atoms with van der Waals surface area (Å²) >= 11 is 13.1. The molecule has 0 bridgehead atoms. The fourth-order valence-corrected chi connectivity index (χ4v) is 4.21. The highest BCUT2D eigenvalue weighted by Crippen LogP contribution is 2.36. The van der Waals surface area contributed by atoms with E-state index >= 15 is 0 Å². The van der Waals surface area contributed by atoms with Gasteiger partial charge in [0.1, 0.15) is 12.4 Å². The van der Waals surface area contributed by atoms with E-state index in [9.17, 15) is 5.26 Å². The highest BCUT2D eigenvalue weighted by atomic mass is 79.9. The molecule has 3 aromatic carbocycles. The fraction of sp³-hybridized carbons (Fsp3) is 0.0455. The van der Waals surface area contributed by atoms with Crippen molar-refractivity contribution in [1.29, 1.82) is 5.26 Å². The van der Waals surface area contributed by atoms with E-state index in [-0.39, 0.29) is 0 Å². The van der Waals surface area contributed by atoms with Crippen molar-refractivity contribution in [2.75, 3.05) is 0 Å². The number of allylic oxidation sites excluding steroid dienone is 1. The number of hydrogen-bond donors (Lipinski definition) is 0. The van der Waals surface area contributed by atoms with Crippen molar-refractivity contribution >= 4 is 55.1 Å². The maximum atomic E-state index is 9.49. The molecule has 0 N–H and O–H groups in total. The van der Waals surface area contributed by atoms with E-state index in [1.165, 1.54) is 0 Å². The number of nitrogens with zero attached hydrogens (tertiary/aromatic N) is 1. The molecule has 3 aromatic rings. The van der Waals surface area contributed by atoms with Crippen LogP contribution in [0.25, 0.3) is 11.6 Å². The first kappa shape index (κ1) is 19.7. The molecular weight excluding hydrogens is 490 g/mol. The van der Waals surface area contributed by atoms with Gasteiger partial charge in [0.15, 0.2) is 0 Å². The van der Waals surface area contributed by atoms with E-state index in [2.05, 4.69) is 37.9 Å². The van der Waals surface area contributed by atoms with Crippen LogP contribution in [-0.2, 0) is 6.61 Å². The zero-order valence-electron chi connectivity index (χ0n) is 14.1. The molecule has 0 amide bonds. The summed E-state index contributed by atoms with van der Waals surface area (Å²) < 4.78 is 7.54. The molecule has 3 rings (SSSR count). The molecule has 134 valence electrons. The third-order valence-electron chi connectivity index (χ3n) is 3.81. The molecule has 0 aromatic heterocycles. The quantitative estimate of drug-likeness (QED) is 0.267. The van der Waals surface area contributed by atoms with Crippen molar-refractivity contribution in [1.82, 2.24) is 0 Å². The molecule has 0 radical (unpaired) electrons. The first-order chi connectivity index (χ1) is 13.1. The molecule has 0 fully saturated rings. The first-order valence-electron chi connectivity index (χ1n) is 8.10. The van der Waals surface area contributed by atoms with Crippen molar-refractivity contribution in [2.45, 2.75) is 6.61 Å². The van der Waals surface area contributed by atoms with Gasteiger partial charge in [-0.25, -0.2) is 0 Å². The molecule has 2 nitrogen and oxygen atoms in total. The standard InChI is InChI=1S/C22H14Br2ClNO/c23-20-11-16(9-18(13-26)17-6-2-1-3-7-17)12-21(24)22(20)27-14-15-5-4-8-19(25)10-15/h1-12H,14H2/b18-9+. The Morgan fingerprint density at radius 3 is 2.33 bits per heavy atom. The van der Waals surface area contributed by atoms with Crippen molar-refractivity contribution in [3.8, 4) is 11.8 Å². The lowest BCUT2D eigenvalue weighted by Gasteiger charge is -2.12. The first-order valence-corrected chi connectivity index (χ1v) is 10.1. The normalized spacial score (nSPS) is 11.1. The van der Waals surface area contributed by atoms with E-state index in [1.54, 1.807) is 0 Å². The van der Waals surface area contributed by atoms with Gasteiger partial charge >= 0.3 is 0 Å². The van der Waals surface area contributed by atoms with Crippen LogP contribution in [0.2, 0.25) is 5.02 Å². The summed E-state index contributed by atoms with van der Waals surface area (Å²) in [4.78, 5) is 0. The maximum Gasteiger partial charge on any atom is 0.148 e. The summed E-state index contributed by atoms with van der Waals surface area (Å²) in [6.45, 7) is 0.403. The Kier molecular flexibility index (Phi) is 6.73. The lowest BCUT2D eigenvalue weighted by molar-refractivity contribution is 0.302. The van der Waals surface area contributed by atoms with Gasteiger partial charge in [-0.3, -0.25) is 0 Å². The van der Waals surface area contributed by atoms with Gasteiger partial charge in [0.25, 0.3) is 0 Å². The number of rotatable bonds is 5. The second-order valence-corrected chi connectivity index (χ2v) is 7.91. The van der Waals surface area contributed by atoms with Gasteiger partial charge in [-0.1, -0.05) is 54.1 Å². The zero-order valence-corrected chi connectivity index (χ0v) is 18.1. The Bertz CT molecular complexity index is 1000. The average Bonchev–Trinajstić information content (AvgIpc) is 2.66. The average molecular weight is 504 g/mol. The Balaban J connectivity index is 1.84. The van der Waals surface area contributed by atoms with Gasteiger partial charge < -0.3 is 4.74 Å². The minimum Gasteiger partial charge on any atom is -0.487 e. The van der Waals surface area contributed by atoms with Gasteiger partial charge in [-0.2, -0.15) is 5.26 Å². The molecule has 0 saturated carbocycles. The van der Waals surface area contributed by atoms with Crippen LogP contribution in [0.1, 0.15) is 16.7 Å². The van der Waals surface area contributed by atoms with Gasteiger partial charge in [-0.15, -0.1) is 0 Å². The molecule has 0 unspecified atom stereocenters. The summed E-state index contributed by atoms with van der Waals surface area (Å²) in [6.07, 6.45) is 1.85. The topological polar surface area (TPSA) is 33.0 Å². The van der Waals surface area contributed by atoms with E-state index in [0.717, 1.165) is 25.6 Å². The number of benzene rings is 3. The second-order valence-electron chi connectivity index (χ2n) is 5.77.